The number of carbonyl (C=O) groups is 2. The number of benzene rings is 3. The van der Waals surface area contributed by atoms with Crippen molar-refractivity contribution in [3.63, 3.8) is 0 Å². The Morgan fingerprint density at radius 3 is 2.24 bits per heavy atom. The van der Waals surface area contributed by atoms with Gasteiger partial charge >= 0.3 is 0 Å². The number of nitrogens with zero attached hydrogens (tertiary/aromatic N) is 2. The highest BCUT2D eigenvalue weighted by molar-refractivity contribution is 9.10. The molecule has 202 valence electrons. The van der Waals surface area contributed by atoms with E-state index in [9.17, 15) is 18.0 Å². The molecule has 1 atom stereocenters. The monoisotopic (exact) mass is 599 g/mol. The zero-order valence-corrected chi connectivity index (χ0v) is 24.3. The SMILES string of the molecule is CCNC(=O)[C@H](CC)N(CCc1ccccc1)C(=O)CN(c1cccc(Br)c1)S(=O)(=O)c1ccc(C)cc1. The van der Waals surface area contributed by atoms with Crippen LogP contribution in [0.2, 0.25) is 0 Å². The van der Waals surface area contributed by atoms with E-state index in [0.29, 0.717) is 29.5 Å². The Kier molecular flexibility index (Phi) is 10.5. The molecular formula is C29H34BrN3O4S. The number of aryl methyl sites for hydroxylation is 1. The van der Waals surface area contributed by atoms with Gasteiger partial charge in [-0.25, -0.2) is 8.42 Å². The lowest BCUT2D eigenvalue weighted by atomic mass is 10.1. The fourth-order valence-corrected chi connectivity index (χ4v) is 5.98. The van der Waals surface area contributed by atoms with E-state index in [4.69, 9.17) is 0 Å². The van der Waals surface area contributed by atoms with Crippen LogP contribution >= 0.6 is 15.9 Å². The third-order valence-electron chi connectivity index (χ3n) is 6.21. The average molecular weight is 601 g/mol. The van der Waals surface area contributed by atoms with Crippen LogP contribution in [0, 0.1) is 6.92 Å². The van der Waals surface area contributed by atoms with Gasteiger partial charge < -0.3 is 10.2 Å². The van der Waals surface area contributed by atoms with Crippen LogP contribution in [0.5, 0.6) is 0 Å². The minimum atomic E-state index is -4.08. The Morgan fingerprint density at radius 1 is 0.947 bits per heavy atom. The fraction of sp³-hybridized carbons (Fsp3) is 0.310. The van der Waals surface area contributed by atoms with Gasteiger partial charge in [0, 0.05) is 17.6 Å². The number of halogens is 1. The molecule has 0 aromatic heterocycles. The molecule has 3 rings (SSSR count). The van der Waals surface area contributed by atoms with Gasteiger partial charge in [-0.15, -0.1) is 0 Å². The molecule has 3 aromatic carbocycles. The molecule has 0 unspecified atom stereocenters. The number of hydrogen-bond acceptors (Lipinski definition) is 4. The van der Waals surface area contributed by atoms with Gasteiger partial charge in [0.15, 0.2) is 0 Å². The normalized spacial score (nSPS) is 12.0. The van der Waals surface area contributed by atoms with Crippen LogP contribution in [-0.4, -0.2) is 50.8 Å². The van der Waals surface area contributed by atoms with Gasteiger partial charge in [-0.2, -0.15) is 0 Å². The molecule has 0 aliphatic rings. The summed E-state index contributed by atoms with van der Waals surface area (Å²) >= 11 is 3.41. The fourth-order valence-electron chi connectivity index (χ4n) is 4.19. The number of carbonyl (C=O) groups excluding carboxylic acids is 2. The maximum absolute atomic E-state index is 13.9. The van der Waals surface area contributed by atoms with Gasteiger partial charge in [0.2, 0.25) is 11.8 Å². The van der Waals surface area contributed by atoms with Gasteiger partial charge in [-0.3, -0.25) is 13.9 Å². The maximum Gasteiger partial charge on any atom is 0.264 e. The molecule has 3 aromatic rings. The molecular weight excluding hydrogens is 566 g/mol. The van der Waals surface area contributed by atoms with Crippen molar-refractivity contribution in [3.05, 3.63) is 94.5 Å². The van der Waals surface area contributed by atoms with E-state index in [0.717, 1.165) is 15.4 Å². The second kappa shape index (κ2) is 13.6. The highest BCUT2D eigenvalue weighted by Crippen LogP contribution is 2.27. The van der Waals surface area contributed by atoms with Crippen molar-refractivity contribution in [2.75, 3.05) is 23.9 Å². The summed E-state index contributed by atoms with van der Waals surface area (Å²) in [5.41, 5.74) is 2.29. The summed E-state index contributed by atoms with van der Waals surface area (Å²) in [6, 6.07) is 22.3. The summed E-state index contributed by atoms with van der Waals surface area (Å²) in [6.45, 7) is 5.80. The minimum absolute atomic E-state index is 0.0856. The molecule has 0 spiro atoms. The van der Waals surface area contributed by atoms with E-state index in [2.05, 4.69) is 21.2 Å². The quantitative estimate of drug-likeness (QED) is 0.319. The third kappa shape index (κ3) is 7.45. The van der Waals surface area contributed by atoms with E-state index >= 15 is 0 Å². The second-order valence-electron chi connectivity index (χ2n) is 8.95. The first-order valence-electron chi connectivity index (χ1n) is 12.6. The predicted molar refractivity (Wildman–Crippen MR) is 154 cm³/mol. The second-order valence-corrected chi connectivity index (χ2v) is 11.7. The predicted octanol–water partition coefficient (Wildman–Crippen LogP) is 4.94. The number of amides is 2. The maximum atomic E-state index is 13.9. The van der Waals surface area contributed by atoms with E-state index in [1.165, 1.54) is 17.0 Å². The molecule has 0 saturated carbocycles. The largest absolute Gasteiger partial charge is 0.355 e. The van der Waals surface area contributed by atoms with Crippen LogP contribution in [0.3, 0.4) is 0 Å². The average Bonchev–Trinajstić information content (AvgIpc) is 2.90. The zero-order valence-electron chi connectivity index (χ0n) is 21.9. The van der Waals surface area contributed by atoms with Crippen molar-refractivity contribution in [2.24, 2.45) is 0 Å². The van der Waals surface area contributed by atoms with Gasteiger partial charge in [-0.1, -0.05) is 76.9 Å². The molecule has 0 saturated heterocycles. The number of rotatable bonds is 12. The van der Waals surface area contributed by atoms with Crippen LogP contribution in [0.4, 0.5) is 5.69 Å². The molecule has 0 aliphatic heterocycles. The van der Waals surface area contributed by atoms with E-state index in [1.54, 1.807) is 36.4 Å². The van der Waals surface area contributed by atoms with E-state index in [1.807, 2.05) is 51.1 Å². The zero-order chi connectivity index (χ0) is 27.7. The number of hydrogen-bond donors (Lipinski definition) is 1. The standard InChI is InChI=1S/C29H34BrN3O4S/c1-4-27(29(35)31-5-2)32(19-18-23-10-7-6-8-11-23)28(34)21-33(25-13-9-12-24(30)20-25)38(36,37)26-16-14-22(3)15-17-26/h6-17,20,27H,4-5,18-19,21H2,1-3H3,(H,31,35)/t27-/m0/s1. The number of nitrogens with one attached hydrogen (secondary N) is 1. The Labute approximate surface area is 234 Å². The van der Waals surface area contributed by atoms with Crippen LogP contribution in [0.25, 0.3) is 0 Å². The van der Waals surface area contributed by atoms with Crippen molar-refractivity contribution >= 4 is 43.5 Å². The van der Waals surface area contributed by atoms with Crippen LogP contribution in [0.15, 0.2) is 88.2 Å². The molecule has 38 heavy (non-hydrogen) atoms. The summed E-state index contributed by atoms with van der Waals surface area (Å²) in [5.74, 6) is -0.707. The highest BCUT2D eigenvalue weighted by Gasteiger charge is 2.33. The Balaban J connectivity index is 2.00. The third-order valence-corrected chi connectivity index (χ3v) is 8.49. The van der Waals surface area contributed by atoms with Gasteiger partial charge in [0.25, 0.3) is 10.0 Å². The topological polar surface area (TPSA) is 86.8 Å². The minimum Gasteiger partial charge on any atom is -0.355 e. The van der Waals surface area contributed by atoms with Crippen molar-refractivity contribution in [1.29, 1.82) is 0 Å². The molecule has 0 fully saturated rings. The first kappa shape index (κ1) is 29.4. The van der Waals surface area contributed by atoms with Crippen molar-refractivity contribution in [3.8, 4) is 0 Å². The van der Waals surface area contributed by atoms with Gasteiger partial charge in [0.05, 0.1) is 10.6 Å². The van der Waals surface area contributed by atoms with Gasteiger partial charge in [0.1, 0.15) is 12.6 Å². The number of likely N-dealkylation sites (N-methyl/N-ethyl adjacent to an activating group) is 1. The number of anilines is 1. The highest BCUT2D eigenvalue weighted by atomic mass is 79.9. The lowest BCUT2D eigenvalue weighted by Gasteiger charge is -2.33. The molecule has 9 heteroatoms. The summed E-state index contributed by atoms with van der Waals surface area (Å²) in [7, 11) is -4.08. The lowest BCUT2D eigenvalue weighted by Crippen LogP contribution is -2.53. The molecule has 2 amide bonds. The van der Waals surface area contributed by atoms with Crippen LogP contribution < -0.4 is 9.62 Å². The number of sulfonamides is 1. The van der Waals surface area contributed by atoms with E-state index in [-0.39, 0.29) is 17.3 Å². The molecule has 1 N–H and O–H groups in total. The first-order valence-corrected chi connectivity index (χ1v) is 14.9. The summed E-state index contributed by atoms with van der Waals surface area (Å²) in [6.07, 6.45) is 0.929. The lowest BCUT2D eigenvalue weighted by molar-refractivity contribution is -0.139. The van der Waals surface area contributed by atoms with Gasteiger partial charge in [-0.05, 0) is 62.6 Å². The smallest absolute Gasteiger partial charge is 0.264 e. The molecule has 0 bridgehead atoms. The van der Waals surface area contributed by atoms with Crippen LogP contribution in [-0.2, 0) is 26.0 Å². The Hall–Kier alpha value is -3.17. The molecule has 7 nitrogen and oxygen atoms in total. The van der Waals surface area contributed by atoms with Crippen molar-refractivity contribution < 1.29 is 18.0 Å². The summed E-state index contributed by atoms with van der Waals surface area (Å²) in [4.78, 5) is 28.4. The van der Waals surface area contributed by atoms with Crippen LogP contribution in [0.1, 0.15) is 31.4 Å². The Morgan fingerprint density at radius 2 is 1.63 bits per heavy atom. The Bertz CT molecular complexity index is 1330. The molecule has 0 heterocycles. The van der Waals surface area contributed by atoms with Crippen molar-refractivity contribution in [1.82, 2.24) is 10.2 Å². The summed E-state index contributed by atoms with van der Waals surface area (Å²) < 4.78 is 29.5. The molecule has 0 radical (unpaired) electrons. The van der Waals surface area contributed by atoms with Crippen molar-refractivity contribution in [2.45, 2.75) is 44.6 Å². The molecule has 0 aliphatic carbocycles. The van der Waals surface area contributed by atoms with E-state index < -0.39 is 28.5 Å². The first-order chi connectivity index (χ1) is 18.2. The summed E-state index contributed by atoms with van der Waals surface area (Å²) in [5, 5.41) is 2.81.